The van der Waals surface area contributed by atoms with Crippen LogP contribution < -0.4 is 10.5 Å². The Labute approximate surface area is 100 Å². The Morgan fingerprint density at radius 1 is 1.12 bits per heavy atom. The maximum atomic E-state index is 6.25. The second-order valence-electron chi connectivity index (χ2n) is 3.83. The molecule has 2 heterocycles. The summed E-state index contributed by atoms with van der Waals surface area (Å²) in [6.45, 7) is 2.02. The molecule has 4 heteroatoms. The predicted molar refractivity (Wildman–Crippen MR) is 65.8 cm³/mol. The van der Waals surface area contributed by atoms with E-state index in [2.05, 4.69) is 9.97 Å². The number of hydrogen-bond donors (Lipinski definition) is 1. The monoisotopic (exact) mass is 229 g/mol. The van der Waals surface area contributed by atoms with E-state index in [1.807, 2.05) is 19.1 Å². The quantitative estimate of drug-likeness (QED) is 0.872. The summed E-state index contributed by atoms with van der Waals surface area (Å²) < 4.78 is 5.26. The molecule has 0 aliphatic rings. The second-order valence-corrected chi connectivity index (χ2v) is 3.83. The largest absolute Gasteiger partial charge is 0.495 e. The van der Waals surface area contributed by atoms with Crippen molar-refractivity contribution >= 4 is 0 Å². The van der Waals surface area contributed by atoms with E-state index in [0.717, 1.165) is 16.7 Å². The number of nitrogens with two attached hydrogens (primary N) is 1. The summed E-state index contributed by atoms with van der Waals surface area (Å²) in [5.74, 6) is 0.697. The number of methoxy groups -OCH3 is 1. The molecule has 0 saturated carbocycles. The fourth-order valence-electron chi connectivity index (χ4n) is 1.79. The fourth-order valence-corrected chi connectivity index (χ4v) is 1.79. The van der Waals surface area contributed by atoms with Gasteiger partial charge in [0.15, 0.2) is 0 Å². The number of aromatic nitrogens is 2. The van der Waals surface area contributed by atoms with Crippen molar-refractivity contribution in [3.63, 3.8) is 0 Å². The molecular formula is C13H15N3O. The van der Waals surface area contributed by atoms with Crippen LogP contribution >= 0.6 is 0 Å². The van der Waals surface area contributed by atoms with E-state index in [4.69, 9.17) is 10.5 Å². The lowest BCUT2D eigenvalue weighted by Crippen LogP contribution is -2.14. The Bertz CT molecular complexity index is 514. The van der Waals surface area contributed by atoms with Crippen LogP contribution in [0.25, 0.3) is 0 Å². The van der Waals surface area contributed by atoms with Crippen LogP contribution in [0.5, 0.6) is 5.75 Å². The zero-order valence-electron chi connectivity index (χ0n) is 9.92. The van der Waals surface area contributed by atoms with Gasteiger partial charge in [0, 0.05) is 24.2 Å². The molecule has 1 unspecified atom stereocenters. The van der Waals surface area contributed by atoms with Crippen molar-refractivity contribution in [2.75, 3.05) is 7.11 Å². The number of aryl methyl sites for hydroxylation is 1. The zero-order chi connectivity index (χ0) is 12.3. The van der Waals surface area contributed by atoms with Gasteiger partial charge >= 0.3 is 0 Å². The highest BCUT2D eigenvalue weighted by Gasteiger charge is 2.15. The van der Waals surface area contributed by atoms with E-state index in [1.165, 1.54) is 0 Å². The first-order valence-electron chi connectivity index (χ1n) is 5.38. The molecule has 1 atom stereocenters. The smallest absolute Gasteiger partial charge is 0.142 e. The minimum absolute atomic E-state index is 0.248. The predicted octanol–water partition coefficient (Wildman–Crippen LogP) is 1.84. The minimum Gasteiger partial charge on any atom is -0.495 e. The molecule has 0 radical (unpaired) electrons. The summed E-state index contributed by atoms with van der Waals surface area (Å²) in [6, 6.07) is 3.57. The van der Waals surface area contributed by atoms with Gasteiger partial charge in [0.2, 0.25) is 0 Å². The fraction of sp³-hybridized carbons (Fsp3) is 0.231. The van der Waals surface area contributed by atoms with Crippen LogP contribution in [-0.4, -0.2) is 17.1 Å². The molecule has 2 N–H and O–H groups in total. The summed E-state index contributed by atoms with van der Waals surface area (Å²) in [4.78, 5) is 8.13. The Kier molecular flexibility index (Phi) is 3.35. The summed E-state index contributed by atoms with van der Waals surface area (Å²) in [7, 11) is 1.61. The van der Waals surface area contributed by atoms with E-state index in [-0.39, 0.29) is 6.04 Å². The van der Waals surface area contributed by atoms with Crippen LogP contribution in [-0.2, 0) is 0 Å². The molecule has 0 fully saturated rings. The highest BCUT2D eigenvalue weighted by molar-refractivity contribution is 5.40. The molecule has 2 aromatic rings. The van der Waals surface area contributed by atoms with Gasteiger partial charge in [-0.15, -0.1) is 0 Å². The first-order chi connectivity index (χ1) is 8.24. The van der Waals surface area contributed by atoms with Gasteiger partial charge in [0.25, 0.3) is 0 Å². The topological polar surface area (TPSA) is 61.0 Å². The molecule has 2 aromatic heterocycles. The zero-order valence-corrected chi connectivity index (χ0v) is 9.92. The van der Waals surface area contributed by atoms with Crippen molar-refractivity contribution < 1.29 is 4.74 Å². The molecule has 17 heavy (non-hydrogen) atoms. The van der Waals surface area contributed by atoms with Crippen LogP contribution in [0.2, 0.25) is 0 Å². The van der Waals surface area contributed by atoms with Crippen molar-refractivity contribution in [3.05, 3.63) is 53.6 Å². The lowest BCUT2D eigenvalue weighted by molar-refractivity contribution is 0.406. The van der Waals surface area contributed by atoms with Gasteiger partial charge in [-0.3, -0.25) is 9.97 Å². The van der Waals surface area contributed by atoms with Gasteiger partial charge < -0.3 is 10.5 Å². The highest BCUT2D eigenvalue weighted by atomic mass is 16.5. The molecule has 0 aliphatic heterocycles. The van der Waals surface area contributed by atoms with Crippen LogP contribution in [0.4, 0.5) is 0 Å². The molecule has 2 rings (SSSR count). The first-order valence-corrected chi connectivity index (χ1v) is 5.38. The summed E-state index contributed by atoms with van der Waals surface area (Å²) in [6.07, 6.45) is 6.93. The molecule has 88 valence electrons. The number of hydrogen-bond acceptors (Lipinski definition) is 4. The van der Waals surface area contributed by atoms with Gasteiger partial charge in [0.1, 0.15) is 5.75 Å². The van der Waals surface area contributed by atoms with Crippen molar-refractivity contribution in [1.29, 1.82) is 0 Å². The second kappa shape index (κ2) is 4.93. The maximum absolute atomic E-state index is 6.25. The van der Waals surface area contributed by atoms with Crippen molar-refractivity contribution in [2.24, 2.45) is 5.73 Å². The third-order valence-electron chi connectivity index (χ3n) is 2.79. The molecule has 0 amide bonds. The number of rotatable bonds is 3. The van der Waals surface area contributed by atoms with Crippen molar-refractivity contribution in [2.45, 2.75) is 13.0 Å². The Hall–Kier alpha value is -1.94. The van der Waals surface area contributed by atoms with Crippen LogP contribution in [0.3, 0.4) is 0 Å². The Morgan fingerprint density at radius 2 is 1.82 bits per heavy atom. The molecule has 0 aliphatic carbocycles. The number of nitrogens with zero attached hydrogens (tertiary/aromatic N) is 2. The summed E-state index contributed by atoms with van der Waals surface area (Å²) in [5, 5.41) is 0. The van der Waals surface area contributed by atoms with E-state index < -0.39 is 0 Å². The van der Waals surface area contributed by atoms with Crippen LogP contribution in [0.15, 0.2) is 36.9 Å². The van der Waals surface area contributed by atoms with Gasteiger partial charge in [-0.05, 0) is 30.2 Å². The average Bonchev–Trinajstić information content (AvgIpc) is 2.38. The van der Waals surface area contributed by atoms with E-state index in [9.17, 15) is 0 Å². The molecule has 0 aromatic carbocycles. The minimum atomic E-state index is -0.248. The molecule has 0 bridgehead atoms. The molecule has 0 spiro atoms. The van der Waals surface area contributed by atoms with Crippen LogP contribution in [0.1, 0.15) is 22.7 Å². The average molecular weight is 229 g/mol. The third kappa shape index (κ3) is 2.26. The van der Waals surface area contributed by atoms with Crippen LogP contribution in [0, 0.1) is 6.92 Å². The highest BCUT2D eigenvalue weighted by Crippen LogP contribution is 2.28. The van der Waals surface area contributed by atoms with Gasteiger partial charge in [0.05, 0.1) is 19.3 Å². The standard InChI is InChI=1S/C13H15N3O/c1-9-3-5-15-7-11(9)13(14)10-4-6-16-8-12(10)17-2/h3-8,13H,14H2,1-2H3. The molecular weight excluding hydrogens is 214 g/mol. The van der Waals surface area contributed by atoms with Gasteiger partial charge in [-0.2, -0.15) is 0 Å². The Balaban J connectivity index is 2.44. The van der Waals surface area contributed by atoms with E-state index >= 15 is 0 Å². The SMILES string of the molecule is COc1cnccc1C(N)c1cnccc1C. The molecule has 0 saturated heterocycles. The van der Waals surface area contributed by atoms with Crippen molar-refractivity contribution in [3.8, 4) is 5.75 Å². The van der Waals surface area contributed by atoms with E-state index in [1.54, 1.807) is 31.9 Å². The number of ether oxygens (including phenoxy) is 1. The Morgan fingerprint density at radius 3 is 2.53 bits per heavy atom. The first kappa shape index (κ1) is 11.5. The van der Waals surface area contributed by atoms with E-state index in [0.29, 0.717) is 5.75 Å². The van der Waals surface area contributed by atoms with Crippen molar-refractivity contribution in [1.82, 2.24) is 9.97 Å². The maximum Gasteiger partial charge on any atom is 0.142 e. The van der Waals surface area contributed by atoms with Gasteiger partial charge in [-0.25, -0.2) is 0 Å². The lowest BCUT2D eigenvalue weighted by Gasteiger charge is -2.16. The normalized spacial score (nSPS) is 12.2. The number of pyridine rings is 2. The summed E-state index contributed by atoms with van der Waals surface area (Å²) >= 11 is 0. The summed E-state index contributed by atoms with van der Waals surface area (Å²) in [5.41, 5.74) is 9.28. The molecule has 4 nitrogen and oxygen atoms in total. The third-order valence-corrected chi connectivity index (χ3v) is 2.79. The van der Waals surface area contributed by atoms with Gasteiger partial charge in [-0.1, -0.05) is 0 Å². The lowest BCUT2D eigenvalue weighted by atomic mass is 9.98.